The van der Waals surface area contributed by atoms with Gasteiger partial charge in [0.25, 0.3) is 0 Å². The monoisotopic (exact) mass is 486 g/mol. The molecule has 4 rings (SSSR count). The molecule has 0 unspecified atom stereocenters. The first-order valence-electron chi connectivity index (χ1n) is 11.5. The number of esters is 1. The van der Waals surface area contributed by atoms with Crippen LogP contribution in [0.15, 0.2) is 35.3 Å². The molecule has 0 bridgehead atoms. The lowest BCUT2D eigenvalue weighted by molar-refractivity contribution is -0.928. The third-order valence-electron chi connectivity index (χ3n) is 6.08. The molecule has 182 valence electrons. The molecule has 1 aromatic carbocycles. The highest BCUT2D eigenvalue weighted by Crippen LogP contribution is 2.39. The van der Waals surface area contributed by atoms with E-state index in [1.807, 2.05) is 18.2 Å². The number of quaternary nitrogens is 1. The average Bonchev–Trinajstić information content (AvgIpc) is 3.10. The number of aryl methyl sites for hydroxylation is 1. The van der Waals surface area contributed by atoms with Crippen molar-refractivity contribution in [3.05, 3.63) is 40.8 Å². The molecule has 1 saturated heterocycles. The summed E-state index contributed by atoms with van der Waals surface area (Å²) in [6, 6.07) is 9.54. The largest absolute Gasteiger partial charge is 0.464 e. The number of benzene rings is 1. The summed E-state index contributed by atoms with van der Waals surface area (Å²) >= 11 is 1.74. The van der Waals surface area contributed by atoms with E-state index < -0.39 is 18.1 Å². The zero-order chi connectivity index (χ0) is 24.3. The number of fused-ring (bicyclic) bond motifs is 2. The van der Waals surface area contributed by atoms with Crippen LogP contribution in [0.25, 0.3) is 0 Å². The van der Waals surface area contributed by atoms with E-state index in [0.29, 0.717) is 4.48 Å². The summed E-state index contributed by atoms with van der Waals surface area (Å²) in [4.78, 5) is 32.5. The Labute approximate surface area is 204 Å². The van der Waals surface area contributed by atoms with Crippen LogP contribution in [-0.2, 0) is 14.3 Å². The van der Waals surface area contributed by atoms with Crippen molar-refractivity contribution >= 4 is 45.6 Å². The topological polar surface area (TPSA) is 92.3 Å². The fourth-order valence-corrected chi connectivity index (χ4v) is 4.96. The number of anilines is 2. The molecule has 0 saturated carbocycles. The number of carbonyl (C=O) groups is 2. The number of carbonyl (C=O) groups excluding carboxylic acids is 2. The van der Waals surface area contributed by atoms with Gasteiger partial charge in [0.2, 0.25) is 6.73 Å². The number of amidine groups is 1. The van der Waals surface area contributed by atoms with E-state index in [2.05, 4.69) is 41.6 Å². The van der Waals surface area contributed by atoms with Crippen LogP contribution in [0.1, 0.15) is 24.3 Å². The van der Waals surface area contributed by atoms with Crippen LogP contribution in [0.4, 0.5) is 21.2 Å². The molecular formula is C24H32N5O4S+. The van der Waals surface area contributed by atoms with Gasteiger partial charge in [-0.2, -0.15) is 0 Å². The van der Waals surface area contributed by atoms with Crippen molar-refractivity contribution in [2.45, 2.75) is 26.8 Å². The minimum Gasteiger partial charge on any atom is -0.464 e. The van der Waals surface area contributed by atoms with E-state index in [0.717, 1.165) is 54.0 Å². The zero-order valence-electron chi connectivity index (χ0n) is 20.1. The van der Waals surface area contributed by atoms with Gasteiger partial charge in [0.15, 0.2) is 0 Å². The summed E-state index contributed by atoms with van der Waals surface area (Å²) in [6.07, 6.45) is -0.614. The van der Waals surface area contributed by atoms with E-state index >= 15 is 0 Å². The van der Waals surface area contributed by atoms with Gasteiger partial charge in [-0.15, -0.1) is 11.3 Å². The molecule has 3 heterocycles. The Balaban J connectivity index is 1.40. The van der Waals surface area contributed by atoms with Crippen molar-refractivity contribution in [1.82, 2.24) is 10.2 Å². The SMILES string of the molecule is CCOC(=O)[C@H](C)NC(=O)OC[N+]1(C)CCN(C2=Nc3ccccc3Nc3sc(C)cc32)CC1. The first-order chi connectivity index (χ1) is 16.3. The predicted octanol–water partition coefficient (Wildman–Crippen LogP) is 3.59. The second-order valence-corrected chi connectivity index (χ2v) is 10.2. The van der Waals surface area contributed by atoms with Crippen LogP contribution in [-0.4, -0.2) is 79.9 Å². The smallest absolute Gasteiger partial charge is 0.412 e. The number of likely N-dealkylation sites (N-methyl/N-ethyl adjacent to an activating group) is 1. The number of aliphatic imine (C=N–C) groups is 1. The van der Waals surface area contributed by atoms with Gasteiger partial charge in [-0.1, -0.05) is 12.1 Å². The molecule has 0 spiro atoms. The quantitative estimate of drug-likeness (QED) is 0.496. The molecule has 0 aliphatic carbocycles. The van der Waals surface area contributed by atoms with Gasteiger partial charge in [-0.3, -0.25) is 4.48 Å². The molecule has 10 heteroatoms. The summed E-state index contributed by atoms with van der Waals surface area (Å²) in [5.41, 5.74) is 3.06. The Bertz CT molecular complexity index is 1090. The maximum absolute atomic E-state index is 12.2. The molecule has 9 nitrogen and oxygen atoms in total. The first kappa shape index (κ1) is 24.0. The van der Waals surface area contributed by atoms with E-state index in [1.165, 1.54) is 4.88 Å². The fourth-order valence-electron chi connectivity index (χ4n) is 4.04. The lowest BCUT2D eigenvalue weighted by Gasteiger charge is -2.42. The van der Waals surface area contributed by atoms with Crippen molar-refractivity contribution < 1.29 is 23.5 Å². The van der Waals surface area contributed by atoms with Gasteiger partial charge in [0, 0.05) is 4.88 Å². The van der Waals surface area contributed by atoms with Crippen LogP contribution in [0.5, 0.6) is 0 Å². The van der Waals surface area contributed by atoms with Gasteiger partial charge in [-0.25, -0.2) is 14.6 Å². The number of piperazine rings is 1. The number of para-hydroxylation sites is 2. The number of thiophene rings is 1. The number of nitrogens with one attached hydrogen (secondary N) is 2. The molecule has 34 heavy (non-hydrogen) atoms. The van der Waals surface area contributed by atoms with Crippen LogP contribution in [0.2, 0.25) is 0 Å². The molecule has 2 aliphatic rings. The van der Waals surface area contributed by atoms with Crippen LogP contribution < -0.4 is 10.6 Å². The van der Waals surface area contributed by atoms with E-state index in [1.54, 1.807) is 25.2 Å². The van der Waals surface area contributed by atoms with Gasteiger partial charge in [0.1, 0.15) is 16.9 Å². The Morgan fingerprint density at radius 1 is 1.26 bits per heavy atom. The lowest BCUT2D eigenvalue weighted by atomic mass is 10.2. The van der Waals surface area contributed by atoms with E-state index in [9.17, 15) is 9.59 Å². The summed E-state index contributed by atoms with van der Waals surface area (Å²) in [6.45, 7) is 9.09. The Morgan fingerprint density at radius 3 is 2.74 bits per heavy atom. The summed E-state index contributed by atoms with van der Waals surface area (Å²) in [5, 5.41) is 7.19. The van der Waals surface area contributed by atoms with Gasteiger partial charge >= 0.3 is 12.1 Å². The van der Waals surface area contributed by atoms with Crippen molar-refractivity contribution in [1.29, 1.82) is 0 Å². The lowest BCUT2D eigenvalue weighted by Crippen LogP contribution is -2.59. The highest BCUT2D eigenvalue weighted by Gasteiger charge is 2.33. The minimum absolute atomic E-state index is 0.231. The minimum atomic E-state index is -0.748. The van der Waals surface area contributed by atoms with Crippen LogP contribution in [0, 0.1) is 6.92 Å². The Kier molecular flexibility index (Phi) is 7.08. The Hall–Kier alpha value is -3.11. The Morgan fingerprint density at radius 2 is 2.00 bits per heavy atom. The van der Waals surface area contributed by atoms with E-state index in [-0.39, 0.29) is 13.3 Å². The number of ether oxygens (including phenoxy) is 2. The maximum Gasteiger partial charge on any atom is 0.412 e. The second-order valence-electron chi connectivity index (χ2n) is 8.91. The fraction of sp³-hybridized carbons (Fsp3) is 0.458. The third kappa shape index (κ3) is 5.34. The number of rotatable bonds is 5. The van der Waals surface area contributed by atoms with Crippen molar-refractivity contribution in [3.63, 3.8) is 0 Å². The number of alkyl carbamates (subject to hydrolysis) is 1. The standard InChI is InChI=1S/C24H31N5O4S/c1-5-32-23(30)17(3)25-24(31)33-15-29(4)12-10-28(11-13-29)21-18-14-16(2)34-22(18)27-20-9-7-6-8-19(20)26-21/h6-9,14,17H,5,10-13,15H2,1-4H3,(H-,25,26,27,31)/p+1/t17-/m0/s1. The van der Waals surface area contributed by atoms with Gasteiger partial charge < -0.3 is 25.0 Å². The van der Waals surface area contributed by atoms with Crippen molar-refractivity contribution in [2.24, 2.45) is 4.99 Å². The summed E-state index contributed by atoms with van der Waals surface area (Å²) < 4.78 is 11.0. The molecule has 2 N–H and O–H groups in total. The van der Waals surface area contributed by atoms with Gasteiger partial charge in [0.05, 0.1) is 56.8 Å². The normalized spacial score (nSPS) is 17.3. The van der Waals surface area contributed by atoms with Crippen LogP contribution in [0.3, 0.4) is 0 Å². The zero-order valence-corrected chi connectivity index (χ0v) is 20.9. The molecule has 1 amide bonds. The number of hydrogen-bond donors (Lipinski definition) is 2. The number of hydrogen-bond acceptors (Lipinski definition) is 8. The highest BCUT2D eigenvalue weighted by molar-refractivity contribution is 7.16. The molecule has 1 aromatic heterocycles. The van der Waals surface area contributed by atoms with E-state index in [4.69, 9.17) is 14.5 Å². The third-order valence-corrected chi connectivity index (χ3v) is 7.04. The molecular weight excluding hydrogens is 454 g/mol. The molecule has 0 radical (unpaired) electrons. The highest BCUT2D eigenvalue weighted by atomic mass is 32.1. The van der Waals surface area contributed by atoms with Crippen molar-refractivity contribution in [2.75, 3.05) is 51.9 Å². The second kappa shape index (κ2) is 10.0. The maximum atomic E-state index is 12.2. The number of amides is 1. The predicted molar refractivity (Wildman–Crippen MR) is 133 cm³/mol. The van der Waals surface area contributed by atoms with Gasteiger partial charge in [-0.05, 0) is 39.0 Å². The molecule has 1 fully saturated rings. The summed E-state index contributed by atoms with van der Waals surface area (Å²) in [7, 11) is 2.07. The molecule has 1 atom stereocenters. The van der Waals surface area contributed by atoms with Crippen molar-refractivity contribution in [3.8, 4) is 0 Å². The average molecular weight is 487 g/mol. The summed E-state index contributed by atoms with van der Waals surface area (Å²) in [5.74, 6) is 0.502. The van der Waals surface area contributed by atoms with Crippen LogP contribution >= 0.6 is 11.3 Å². The first-order valence-corrected chi connectivity index (χ1v) is 12.3. The number of nitrogens with zero attached hydrogens (tertiary/aromatic N) is 3. The molecule has 2 aromatic rings. The molecule has 2 aliphatic heterocycles.